The van der Waals surface area contributed by atoms with Crippen LogP contribution in [0.5, 0.6) is 0 Å². The minimum absolute atomic E-state index is 0.154. The molecule has 0 saturated heterocycles. The van der Waals surface area contributed by atoms with Gasteiger partial charge in [-0.2, -0.15) is 0 Å². The maximum Gasteiger partial charge on any atom is 0.303 e. The van der Waals surface area contributed by atoms with Crippen LogP contribution in [-0.4, -0.2) is 23.7 Å². The number of esters is 1. The average Bonchev–Trinajstić information content (AvgIpc) is 2.01. The average molecular weight is 202 g/mol. The number of carbonyl (C=O) groups is 2. The third-order valence-corrected chi connectivity index (χ3v) is 1.91. The second-order valence-electron chi connectivity index (χ2n) is 3.18. The fourth-order valence-electron chi connectivity index (χ4n) is 1.12. The molecule has 0 aromatic carbocycles. The molecule has 1 N–H and O–H groups in total. The van der Waals surface area contributed by atoms with Crippen LogP contribution in [-0.2, 0) is 19.4 Å². The fourth-order valence-corrected chi connectivity index (χ4v) is 1.12. The van der Waals surface area contributed by atoms with Gasteiger partial charge >= 0.3 is 5.97 Å². The third-order valence-electron chi connectivity index (χ3n) is 1.91. The van der Waals surface area contributed by atoms with Crippen molar-refractivity contribution >= 4 is 11.9 Å². The third kappa shape index (κ3) is 3.74. The standard InChI is InChI=1S/C9H16NO4/c1-5-9(13,10-7(3)11)6(2)14-8(4)12/h6H,5H2,1-4H3,(H,10,11). The first-order valence-corrected chi connectivity index (χ1v) is 4.48. The summed E-state index contributed by atoms with van der Waals surface area (Å²) in [4.78, 5) is 21.4. The summed E-state index contributed by atoms with van der Waals surface area (Å²) >= 11 is 0. The summed E-state index contributed by atoms with van der Waals surface area (Å²) in [6.07, 6.45) is -0.727. The maximum atomic E-state index is 11.9. The van der Waals surface area contributed by atoms with Crippen molar-refractivity contribution in [1.29, 1.82) is 0 Å². The van der Waals surface area contributed by atoms with Crippen molar-refractivity contribution in [3.63, 3.8) is 0 Å². The lowest BCUT2D eigenvalue weighted by Gasteiger charge is -2.30. The van der Waals surface area contributed by atoms with E-state index in [4.69, 9.17) is 4.74 Å². The van der Waals surface area contributed by atoms with Gasteiger partial charge in [-0.1, -0.05) is 6.92 Å². The van der Waals surface area contributed by atoms with Crippen molar-refractivity contribution in [2.75, 3.05) is 0 Å². The Labute approximate surface area is 83.4 Å². The van der Waals surface area contributed by atoms with Gasteiger partial charge < -0.3 is 10.1 Å². The number of hydrogen-bond acceptors (Lipinski definition) is 3. The number of hydrogen-bond donors (Lipinski definition) is 1. The Balaban J connectivity index is 4.49. The molecule has 5 heteroatoms. The molecule has 0 aliphatic heterocycles. The van der Waals surface area contributed by atoms with Crippen LogP contribution >= 0.6 is 0 Å². The summed E-state index contributed by atoms with van der Waals surface area (Å²) in [5, 5.41) is 14.1. The van der Waals surface area contributed by atoms with Gasteiger partial charge in [0, 0.05) is 13.8 Å². The molecule has 0 fully saturated rings. The smallest absolute Gasteiger partial charge is 0.303 e. The zero-order valence-electron chi connectivity index (χ0n) is 8.92. The first kappa shape index (κ1) is 12.9. The predicted molar refractivity (Wildman–Crippen MR) is 48.8 cm³/mol. The molecule has 0 rings (SSSR count). The number of nitrogens with one attached hydrogen (secondary N) is 1. The summed E-state index contributed by atoms with van der Waals surface area (Å²) in [7, 11) is 0. The summed E-state index contributed by atoms with van der Waals surface area (Å²) in [5.74, 6) is -0.961. The Morgan fingerprint density at radius 3 is 2.21 bits per heavy atom. The van der Waals surface area contributed by atoms with Gasteiger partial charge in [-0.3, -0.25) is 9.59 Å². The molecular formula is C9H16NO4. The lowest BCUT2D eigenvalue weighted by atomic mass is 10.1. The highest BCUT2D eigenvalue weighted by Gasteiger charge is 2.37. The highest BCUT2D eigenvalue weighted by molar-refractivity contribution is 5.73. The van der Waals surface area contributed by atoms with Crippen molar-refractivity contribution in [2.24, 2.45) is 0 Å². The van der Waals surface area contributed by atoms with Crippen molar-refractivity contribution in [2.45, 2.75) is 45.9 Å². The van der Waals surface area contributed by atoms with Crippen LogP contribution in [0.2, 0.25) is 0 Å². The molecule has 0 aliphatic carbocycles. The van der Waals surface area contributed by atoms with E-state index in [1.165, 1.54) is 20.8 Å². The van der Waals surface area contributed by atoms with Gasteiger partial charge in [-0.05, 0) is 13.3 Å². The van der Waals surface area contributed by atoms with Gasteiger partial charge in [0.25, 0.3) is 0 Å². The fraction of sp³-hybridized carbons (Fsp3) is 0.778. The van der Waals surface area contributed by atoms with E-state index in [2.05, 4.69) is 5.32 Å². The van der Waals surface area contributed by atoms with E-state index >= 15 is 0 Å². The van der Waals surface area contributed by atoms with Gasteiger partial charge in [0.2, 0.25) is 11.6 Å². The van der Waals surface area contributed by atoms with Crippen LogP contribution in [0.15, 0.2) is 0 Å². The molecule has 5 nitrogen and oxygen atoms in total. The van der Waals surface area contributed by atoms with Crippen LogP contribution in [0.4, 0.5) is 0 Å². The first-order valence-electron chi connectivity index (χ1n) is 4.48. The second-order valence-corrected chi connectivity index (χ2v) is 3.18. The number of amides is 1. The molecule has 0 spiro atoms. The Kier molecular flexibility index (Phi) is 4.56. The zero-order chi connectivity index (χ0) is 11.4. The molecule has 2 unspecified atom stereocenters. The van der Waals surface area contributed by atoms with E-state index in [0.29, 0.717) is 0 Å². The Hall–Kier alpha value is -1.10. The van der Waals surface area contributed by atoms with E-state index in [-0.39, 0.29) is 6.42 Å². The highest BCUT2D eigenvalue weighted by atomic mass is 16.6. The molecule has 0 saturated carbocycles. The zero-order valence-corrected chi connectivity index (χ0v) is 8.92. The molecule has 0 aromatic heterocycles. The molecule has 0 aromatic rings. The van der Waals surface area contributed by atoms with Gasteiger partial charge in [0.05, 0.1) is 0 Å². The van der Waals surface area contributed by atoms with Crippen molar-refractivity contribution in [3.05, 3.63) is 0 Å². The molecule has 1 amide bonds. The minimum Gasteiger partial charge on any atom is -0.458 e. The van der Waals surface area contributed by atoms with E-state index in [1.807, 2.05) is 0 Å². The topological polar surface area (TPSA) is 75.3 Å². The Bertz CT molecular complexity index is 229. The summed E-state index contributed by atoms with van der Waals surface area (Å²) in [6, 6.07) is 0. The second kappa shape index (κ2) is 4.95. The monoisotopic (exact) mass is 202 g/mol. The number of carbonyl (C=O) groups excluding carboxylic acids is 2. The van der Waals surface area contributed by atoms with Crippen molar-refractivity contribution < 1.29 is 19.4 Å². The Morgan fingerprint density at radius 1 is 1.43 bits per heavy atom. The van der Waals surface area contributed by atoms with E-state index < -0.39 is 23.7 Å². The lowest BCUT2D eigenvalue weighted by molar-refractivity contribution is -0.181. The minimum atomic E-state index is -1.74. The normalized spacial score (nSPS) is 16.6. The van der Waals surface area contributed by atoms with E-state index in [1.54, 1.807) is 6.92 Å². The van der Waals surface area contributed by atoms with Gasteiger partial charge in [-0.25, -0.2) is 5.11 Å². The highest BCUT2D eigenvalue weighted by Crippen LogP contribution is 2.15. The van der Waals surface area contributed by atoms with Crippen molar-refractivity contribution in [3.8, 4) is 0 Å². The van der Waals surface area contributed by atoms with E-state index in [9.17, 15) is 14.7 Å². The molecule has 0 aliphatic rings. The quantitative estimate of drug-likeness (QED) is 0.536. The lowest BCUT2D eigenvalue weighted by Crippen LogP contribution is -2.55. The largest absolute Gasteiger partial charge is 0.458 e. The molecule has 0 heterocycles. The molecule has 1 radical (unpaired) electrons. The van der Waals surface area contributed by atoms with Crippen LogP contribution in [0.3, 0.4) is 0 Å². The van der Waals surface area contributed by atoms with Gasteiger partial charge in [0.1, 0.15) is 6.10 Å². The SMILES string of the molecule is CCC([O])(NC(C)=O)C(C)OC(C)=O. The molecular weight excluding hydrogens is 186 g/mol. The first-order chi connectivity index (χ1) is 6.31. The molecule has 81 valence electrons. The van der Waals surface area contributed by atoms with E-state index in [0.717, 1.165) is 0 Å². The summed E-state index contributed by atoms with van der Waals surface area (Å²) < 4.78 is 4.74. The molecule has 2 atom stereocenters. The van der Waals surface area contributed by atoms with Gasteiger partial charge in [-0.15, -0.1) is 0 Å². The molecule has 0 bridgehead atoms. The maximum absolute atomic E-state index is 11.9. The predicted octanol–water partition coefficient (Wildman–Crippen LogP) is 0.611. The van der Waals surface area contributed by atoms with Gasteiger partial charge in [0.15, 0.2) is 0 Å². The summed E-state index contributed by atoms with van der Waals surface area (Å²) in [5.41, 5.74) is -1.74. The van der Waals surface area contributed by atoms with Crippen LogP contribution in [0.1, 0.15) is 34.1 Å². The van der Waals surface area contributed by atoms with Crippen LogP contribution in [0.25, 0.3) is 0 Å². The summed E-state index contributed by atoms with van der Waals surface area (Å²) in [6.45, 7) is 5.57. The molecule has 14 heavy (non-hydrogen) atoms. The van der Waals surface area contributed by atoms with Crippen LogP contribution < -0.4 is 5.32 Å². The Morgan fingerprint density at radius 2 is 1.93 bits per heavy atom. The number of rotatable bonds is 4. The van der Waals surface area contributed by atoms with Crippen LogP contribution in [0, 0.1) is 0 Å². The number of ether oxygens (including phenoxy) is 1. The van der Waals surface area contributed by atoms with Crippen molar-refractivity contribution in [1.82, 2.24) is 5.32 Å².